The topological polar surface area (TPSA) is 75.7 Å². The minimum Gasteiger partial charge on any atom is -0.380 e. The number of carbonyl (C=O) groups excluding carboxylic acids is 1. The molecule has 29 heavy (non-hydrogen) atoms. The number of nitrogens with one attached hydrogen (secondary N) is 1. The summed E-state index contributed by atoms with van der Waals surface area (Å²) in [5, 5.41) is 0. The number of sulfonamides is 1. The van der Waals surface area contributed by atoms with E-state index in [1.807, 2.05) is 35.2 Å². The summed E-state index contributed by atoms with van der Waals surface area (Å²) in [6.07, 6.45) is 2.40. The predicted molar refractivity (Wildman–Crippen MR) is 112 cm³/mol. The van der Waals surface area contributed by atoms with Crippen molar-refractivity contribution in [3.8, 4) is 11.1 Å². The molecule has 4 rings (SSSR count). The lowest BCUT2D eigenvalue weighted by Gasteiger charge is -2.34. The molecule has 2 aromatic carbocycles. The van der Waals surface area contributed by atoms with E-state index in [9.17, 15) is 13.2 Å². The molecule has 2 heterocycles. The van der Waals surface area contributed by atoms with Crippen LogP contribution in [0, 0.1) is 5.92 Å². The highest BCUT2D eigenvalue weighted by atomic mass is 32.2. The molecule has 2 aromatic rings. The predicted octanol–water partition coefficient (Wildman–Crippen LogP) is 2.06. The maximum atomic E-state index is 12.9. The first-order chi connectivity index (χ1) is 13.9. The van der Waals surface area contributed by atoms with Crippen molar-refractivity contribution >= 4 is 15.9 Å². The van der Waals surface area contributed by atoms with Gasteiger partial charge in [0.25, 0.3) is 0 Å². The van der Waals surface area contributed by atoms with Crippen molar-refractivity contribution in [3.05, 3.63) is 60.2 Å². The van der Waals surface area contributed by atoms with Crippen LogP contribution in [0.3, 0.4) is 0 Å². The van der Waals surface area contributed by atoms with Gasteiger partial charge in [-0.15, -0.1) is 0 Å². The average molecular weight is 415 g/mol. The molecule has 6 nitrogen and oxygen atoms in total. The van der Waals surface area contributed by atoms with E-state index in [1.165, 1.54) is 6.26 Å². The second kappa shape index (κ2) is 8.26. The van der Waals surface area contributed by atoms with Crippen LogP contribution in [-0.2, 0) is 26.0 Å². The van der Waals surface area contributed by atoms with Crippen LogP contribution in [0.25, 0.3) is 11.1 Å². The highest BCUT2D eigenvalue weighted by molar-refractivity contribution is 7.88. The minimum atomic E-state index is -3.36. The Morgan fingerprint density at radius 3 is 2.48 bits per heavy atom. The SMILES string of the molecule is CS(=O)(=O)N[C@@H]1CCN(C(=O)C2COC2)[C@@H]1Cc1cccc(-c2ccccc2)c1. The van der Waals surface area contributed by atoms with Gasteiger partial charge in [-0.25, -0.2) is 13.1 Å². The zero-order valence-electron chi connectivity index (χ0n) is 16.5. The van der Waals surface area contributed by atoms with E-state index in [-0.39, 0.29) is 23.9 Å². The third-order valence-electron chi connectivity index (χ3n) is 5.66. The first-order valence-corrected chi connectivity index (χ1v) is 11.8. The van der Waals surface area contributed by atoms with Gasteiger partial charge in [0, 0.05) is 12.6 Å². The fraction of sp³-hybridized carbons (Fsp3) is 0.409. The summed E-state index contributed by atoms with van der Waals surface area (Å²) in [4.78, 5) is 14.7. The van der Waals surface area contributed by atoms with E-state index in [0.29, 0.717) is 32.6 Å². The van der Waals surface area contributed by atoms with Gasteiger partial charge in [0.2, 0.25) is 15.9 Å². The molecule has 2 aliphatic rings. The first kappa shape index (κ1) is 20.1. The summed E-state index contributed by atoms with van der Waals surface area (Å²) in [6.45, 7) is 1.47. The van der Waals surface area contributed by atoms with Gasteiger partial charge in [-0.05, 0) is 29.5 Å². The minimum absolute atomic E-state index is 0.0678. The Hall–Kier alpha value is -2.22. The summed E-state index contributed by atoms with van der Waals surface area (Å²) in [7, 11) is -3.36. The van der Waals surface area contributed by atoms with Crippen LogP contribution in [0.1, 0.15) is 12.0 Å². The maximum Gasteiger partial charge on any atom is 0.230 e. The highest BCUT2D eigenvalue weighted by Gasteiger charge is 2.42. The number of carbonyl (C=O) groups is 1. The zero-order valence-corrected chi connectivity index (χ0v) is 17.3. The molecule has 0 radical (unpaired) electrons. The summed E-state index contributed by atoms with van der Waals surface area (Å²) in [6, 6.07) is 17.9. The standard InChI is InChI=1S/C22H26N2O4S/c1-29(26,27)23-20-10-11-24(22(25)19-14-28-15-19)21(20)13-16-6-5-9-18(12-16)17-7-3-2-4-8-17/h2-9,12,19-21,23H,10-11,13-15H2,1H3/t20-,21-/m1/s1. The van der Waals surface area contributed by atoms with E-state index in [2.05, 4.69) is 29.0 Å². The highest BCUT2D eigenvalue weighted by Crippen LogP contribution is 2.28. The monoisotopic (exact) mass is 414 g/mol. The number of hydrogen-bond acceptors (Lipinski definition) is 4. The molecule has 0 spiro atoms. The van der Waals surface area contributed by atoms with Crippen molar-refractivity contribution in [2.24, 2.45) is 5.92 Å². The summed E-state index contributed by atoms with van der Waals surface area (Å²) < 4.78 is 31.7. The third-order valence-corrected chi connectivity index (χ3v) is 6.39. The summed E-state index contributed by atoms with van der Waals surface area (Å²) in [5.74, 6) is -0.0385. The van der Waals surface area contributed by atoms with E-state index in [4.69, 9.17) is 4.74 Å². The molecule has 2 atom stereocenters. The molecular formula is C22H26N2O4S. The lowest BCUT2D eigenvalue weighted by atomic mass is 9.96. The number of ether oxygens (including phenoxy) is 1. The van der Waals surface area contributed by atoms with Crippen molar-refractivity contribution in [2.45, 2.75) is 24.9 Å². The Morgan fingerprint density at radius 2 is 1.83 bits per heavy atom. The van der Waals surface area contributed by atoms with E-state index < -0.39 is 10.0 Å². The number of nitrogens with zero attached hydrogens (tertiary/aromatic N) is 1. The molecule has 7 heteroatoms. The number of rotatable bonds is 6. The quantitative estimate of drug-likeness (QED) is 0.785. The fourth-order valence-corrected chi connectivity index (χ4v) is 4.98. The number of benzene rings is 2. The Labute approximate surface area is 171 Å². The van der Waals surface area contributed by atoms with E-state index >= 15 is 0 Å². The van der Waals surface area contributed by atoms with Crippen LogP contribution in [0.15, 0.2) is 54.6 Å². The molecule has 0 bridgehead atoms. The van der Waals surface area contributed by atoms with Crippen LogP contribution in [0.2, 0.25) is 0 Å². The molecule has 1 N–H and O–H groups in total. The Kier molecular flexibility index (Phi) is 5.72. The fourth-order valence-electron chi connectivity index (χ4n) is 4.15. The van der Waals surface area contributed by atoms with Crippen molar-refractivity contribution < 1.29 is 17.9 Å². The first-order valence-electron chi connectivity index (χ1n) is 9.90. The van der Waals surface area contributed by atoms with Crippen LogP contribution in [-0.4, -0.2) is 57.3 Å². The zero-order chi connectivity index (χ0) is 20.4. The molecule has 0 saturated carbocycles. The summed E-state index contributed by atoms with van der Waals surface area (Å²) >= 11 is 0. The summed E-state index contributed by atoms with van der Waals surface area (Å²) in [5.41, 5.74) is 3.33. The van der Waals surface area contributed by atoms with Gasteiger partial charge in [-0.1, -0.05) is 54.6 Å². The van der Waals surface area contributed by atoms with Crippen molar-refractivity contribution in [1.29, 1.82) is 0 Å². The van der Waals surface area contributed by atoms with Gasteiger partial charge in [0.1, 0.15) is 0 Å². The molecule has 2 aliphatic heterocycles. The molecule has 1 amide bonds. The van der Waals surface area contributed by atoms with Crippen molar-refractivity contribution in [2.75, 3.05) is 26.0 Å². The van der Waals surface area contributed by atoms with Crippen molar-refractivity contribution in [1.82, 2.24) is 9.62 Å². The lowest BCUT2D eigenvalue weighted by molar-refractivity contribution is -0.150. The Bertz CT molecular complexity index is 973. The number of hydrogen-bond donors (Lipinski definition) is 1. The third kappa shape index (κ3) is 4.69. The van der Waals surface area contributed by atoms with Gasteiger partial charge in [0.05, 0.1) is 31.4 Å². The molecular weight excluding hydrogens is 388 g/mol. The molecule has 2 saturated heterocycles. The van der Waals surface area contributed by atoms with Gasteiger partial charge in [-0.3, -0.25) is 4.79 Å². The average Bonchev–Trinajstić information content (AvgIpc) is 3.02. The number of amides is 1. The van der Waals surface area contributed by atoms with E-state index in [0.717, 1.165) is 16.7 Å². The van der Waals surface area contributed by atoms with Gasteiger partial charge in [0.15, 0.2) is 0 Å². The van der Waals surface area contributed by atoms with Crippen molar-refractivity contribution in [3.63, 3.8) is 0 Å². The van der Waals surface area contributed by atoms with Crippen LogP contribution in [0.4, 0.5) is 0 Å². The second-order valence-corrected chi connectivity index (χ2v) is 9.67. The Morgan fingerprint density at radius 1 is 1.10 bits per heavy atom. The molecule has 0 unspecified atom stereocenters. The van der Waals surface area contributed by atoms with Gasteiger partial charge >= 0.3 is 0 Å². The second-order valence-electron chi connectivity index (χ2n) is 7.89. The number of likely N-dealkylation sites (tertiary alicyclic amines) is 1. The van der Waals surface area contributed by atoms with E-state index in [1.54, 1.807) is 0 Å². The van der Waals surface area contributed by atoms with Crippen LogP contribution in [0.5, 0.6) is 0 Å². The molecule has 0 aliphatic carbocycles. The normalized spacial score (nSPS) is 22.4. The molecule has 154 valence electrons. The van der Waals surface area contributed by atoms with Gasteiger partial charge in [-0.2, -0.15) is 0 Å². The largest absolute Gasteiger partial charge is 0.380 e. The lowest BCUT2D eigenvalue weighted by Crippen LogP contribution is -2.51. The Balaban J connectivity index is 1.59. The van der Waals surface area contributed by atoms with Crippen LogP contribution >= 0.6 is 0 Å². The van der Waals surface area contributed by atoms with Gasteiger partial charge < -0.3 is 9.64 Å². The maximum absolute atomic E-state index is 12.9. The van der Waals surface area contributed by atoms with Crippen LogP contribution < -0.4 is 4.72 Å². The molecule has 0 aromatic heterocycles. The molecule has 2 fully saturated rings. The smallest absolute Gasteiger partial charge is 0.230 e.